The molecule has 6 nitrogen and oxygen atoms in total. The Morgan fingerprint density at radius 3 is 2.55 bits per heavy atom. The minimum absolute atomic E-state index is 0.168. The molecule has 1 atom stereocenters. The largest absolute Gasteiger partial charge is 0.508 e. The van der Waals surface area contributed by atoms with E-state index in [1.807, 2.05) is 12.1 Å². The standard InChI is InChI=1S/C23H32N2O4/c1-17-12-18(4-7-23(17)29-3)14-25-10-9-24(16-20(25)8-11-26)15-19-13-21(28-2)5-6-22(19)27/h4-7,12-13,20,26-27H,8-11,14-16H2,1-3H3/t20-/m1/s1. The van der Waals surface area contributed by atoms with Gasteiger partial charge in [-0.3, -0.25) is 9.80 Å². The van der Waals surface area contributed by atoms with Crippen LogP contribution in [0.5, 0.6) is 17.2 Å². The van der Waals surface area contributed by atoms with Gasteiger partial charge in [-0.15, -0.1) is 0 Å². The van der Waals surface area contributed by atoms with Crippen molar-refractivity contribution in [3.05, 3.63) is 53.1 Å². The lowest BCUT2D eigenvalue weighted by atomic mass is 10.0. The molecule has 2 aromatic carbocycles. The Morgan fingerprint density at radius 2 is 1.86 bits per heavy atom. The van der Waals surface area contributed by atoms with Crippen LogP contribution in [0.25, 0.3) is 0 Å². The molecule has 0 saturated carbocycles. The third-order valence-corrected chi connectivity index (χ3v) is 5.68. The topological polar surface area (TPSA) is 65.4 Å². The van der Waals surface area contributed by atoms with Gasteiger partial charge in [0, 0.05) is 50.9 Å². The second kappa shape index (κ2) is 9.96. The summed E-state index contributed by atoms with van der Waals surface area (Å²) in [6.07, 6.45) is 0.732. The number of hydrogen-bond donors (Lipinski definition) is 2. The number of phenols is 1. The van der Waals surface area contributed by atoms with Gasteiger partial charge < -0.3 is 19.7 Å². The second-order valence-corrected chi connectivity index (χ2v) is 7.67. The fourth-order valence-corrected chi connectivity index (χ4v) is 4.06. The SMILES string of the molecule is COc1ccc(O)c(CN2CCN(Cc3ccc(OC)c(C)c3)[C@H](CCO)C2)c1. The summed E-state index contributed by atoms with van der Waals surface area (Å²) >= 11 is 0. The van der Waals surface area contributed by atoms with Crippen LogP contribution in [-0.2, 0) is 13.1 Å². The highest BCUT2D eigenvalue weighted by Gasteiger charge is 2.27. The molecule has 1 aliphatic rings. The van der Waals surface area contributed by atoms with Crippen LogP contribution in [0.4, 0.5) is 0 Å². The first-order valence-corrected chi connectivity index (χ1v) is 10.1. The van der Waals surface area contributed by atoms with Crippen molar-refractivity contribution in [3.63, 3.8) is 0 Å². The summed E-state index contributed by atoms with van der Waals surface area (Å²) in [5.41, 5.74) is 3.26. The van der Waals surface area contributed by atoms with Crippen molar-refractivity contribution in [3.8, 4) is 17.2 Å². The Bertz CT molecular complexity index is 811. The maximum absolute atomic E-state index is 10.2. The van der Waals surface area contributed by atoms with Crippen LogP contribution in [0.15, 0.2) is 36.4 Å². The number of nitrogens with zero attached hydrogens (tertiary/aromatic N) is 2. The third kappa shape index (κ3) is 5.41. The van der Waals surface area contributed by atoms with Crippen molar-refractivity contribution in [1.29, 1.82) is 0 Å². The minimum Gasteiger partial charge on any atom is -0.508 e. The van der Waals surface area contributed by atoms with E-state index >= 15 is 0 Å². The van der Waals surface area contributed by atoms with Crippen LogP contribution < -0.4 is 9.47 Å². The number of aliphatic hydroxyl groups excluding tert-OH is 1. The number of rotatable bonds is 8. The highest BCUT2D eigenvalue weighted by molar-refractivity contribution is 5.39. The molecule has 6 heteroatoms. The summed E-state index contributed by atoms with van der Waals surface area (Å²) in [4.78, 5) is 4.78. The van der Waals surface area contributed by atoms with Crippen molar-refractivity contribution in [2.24, 2.45) is 0 Å². The average Bonchev–Trinajstić information content (AvgIpc) is 2.72. The van der Waals surface area contributed by atoms with Crippen LogP contribution in [-0.4, -0.2) is 66.5 Å². The van der Waals surface area contributed by atoms with E-state index in [1.54, 1.807) is 26.4 Å². The Labute approximate surface area is 173 Å². The lowest BCUT2D eigenvalue weighted by Gasteiger charge is -2.41. The smallest absolute Gasteiger partial charge is 0.121 e. The van der Waals surface area contributed by atoms with Crippen molar-refractivity contribution >= 4 is 0 Å². The molecule has 2 aromatic rings. The molecule has 3 rings (SSSR count). The summed E-state index contributed by atoms with van der Waals surface area (Å²) in [6.45, 7) is 6.43. The predicted octanol–water partition coefficient (Wildman–Crippen LogP) is 2.79. The molecule has 2 N–H and O–H groups in total. The first-order chi connectivity index (χ1) is 14.0. The van der Waals surface area contributed by atoms with Crippen molar-refractivity contribution in [1.82, 2.24) is 9.80 Å². The molecular weight excluding hydrogens is 368 g/mol. The highest BCUT2D eigenvalue weighted by Crippen LogP contribution is 2.26. The van der Waals surface area contributed by atoms with E-state index in [2.05, 4.69) is 28.9 Å². The minimum atomic E-state index is 0.168. The van der Waals surface area contributed by atoms with Crippen LogP contribution >= 0.6 is 0 Å². The van der Waals surface area contributed by atoms with E-state index in [9.17, 15) is 10.2 Å². The van der Waals surface area contributed by atoms with E-state index in [-0.39, 0.29) is 12.6 Å². The first kappa shape index (κ1) is 21.4. The molecule has 0 unspecified atom stereocenters. The number of aryl methyl sites for hydroxylation is 1. The van der Waals surface area contributed by atoms with Crippen LogP contribution in [0.3, 0.4) is 0 Å². The Morgan fingerprint density at radius 1 is 1.03 bits per heavy atom. The van der Waals surface area contributed by atoms with Gasteiger partial charge in [0.25, 0.3) is 0 Å². The summed E-state index contributed by atoms with van der Waals surface area (Å²) in [6, 6.07) is 11.9. The number of hydrogen-bond acceptors (Lipinski definition) is 6. The maximum Gasteiger partial charge on any atom is 0.121 e. The Hall–Kier alpha value is -2.28. The molecule has 158 valence electrons. The highest BCUT2D eigenvalue weighted by atomic mass is 16.5. The zero-order chi connectivity index (χ0) is 20.8. The Balaban J connectivity index is 1.67. The molecule has 0 spiro atoms. The van der Waals surface area contributed by atoms with E-state index in [0.717, 1.165) is 55.2 Å². The molecule has 0 aliphatic carbocycles. The third-order valence-electron chi connectivity index (χ3n) is 5.68. The molecule has 1 aliphatic heterocycles. The zero-order valence-electron chi connectivity index (χ0n) is 17.6. The van der Waals surface area contributed by atoms with Gasteiger partial charge >= 0.3 is 0 Å². The van der Waals surface area contributed by atoms with Gasteiger partial charge in [-0.25, -0.2) is 0 Å². The molecule has 1 heterocycles. The Kier molecular flexibility index (Phi) is 7.36. The number of aliphatic hydroxyl groups is 1. The lowest BCUT2D eigenvalue weighted by Crippen LogP contribution is -2.52. The normalized spacial score (nSPS) is 18.0. The molecule has 0 aromatic heterocycles. The van der Waals surface area contributed by atoms with Crippen molar-refractivity contribution < 1.29 is 19.7 Å². The fraction of sp³-hybridized carbons (Fsp3) is 0.478. The van der Waals surface area contributed by atoms with Crippen LogP contribution in [0.2, 0.25) is 0 Å². The van der Waals surface area contributed by atoms with Crippen molar-refractivity contribution in [2.45, 2.75) is 32.5 Å². The number of aromatic hydroxyl groups is 1. The first-order valence-electron chi connectivity index (χ1n) is 10.1. The van der Waals surface area contributed by atoms with Gasteiger partial charge in [0.05, 0.1) is 14.2 Å². The number of piperazine rings is 1. The van der Waals surface area contributed by atoms with E-state index in [1.165, 1.54) is 5.56 Å². The van der Waals surface area contributed by atoms with Gasteiger partial charge in [-0.1, -0.05) is 12.1 Å². The average molecular weight is 401 g/mol. The summed E-state index contributed by atoms with van der Waals surface area (Å²) in [7, 11) is 3.33. The molecule has 0 radical (unpaired) electrons. The predicted molar refractivity (Wildman–Crippen MR) is 114 cm³/mol. The van der Waals surface area contributed by atoms with Crippen molar-refractivity contribution in [2.75, 3.05) is 40.5 Å². The fourth-order valence-electron chi connectivity index (χ4n) is 4.06. The molecule has 0 amide bonds. The van der Waals surface area contributed by atoms with Crippen LogP contribution in [0.1, 0.15) is 23.1 Å². The van der Waals surface area contributed by atoms with Gasteiger partial charge in [-0.2, -0.15) is 0 Å². The van der Waals surface area contributed by atoms with E-state index in [4.69, 9.17) is 9.47 Å². The summed E-state index contributed by atoms with van der Waals surface area (Å²) < 4.78 is 10.7. The molecular formula is C23H32N2O4. The number of ether oxygens (including phenoxy) is 2. The molecule has 1 saturated heterocycles. The second-order valence-electron chi connectivity index (χ2n) is 7.67. The number of methoxy groups -OCH3 is 2. The zero-order valence-corrected chi connectivity index (χ0v) is 17.6. The van der Waals surface area contributed by atoms with Gasteiger partial charge in [0.15, 0.2) is 0 Å². The molecule has 29 heavy (non-hydrogen) atoms. The van der Waals surface area contributed by atoms with Gasteiger partial charge in [-0.05, 0) is 48.7 Å². The number of phenolic OH excluding ortho intramolecular Hbond substituents is 1. The number of benzene rings is 2. The van der Waals surface area contributed by atoms with E-state index in [0.29, 0.717) is 12.3 Å². The lowest BCUT2D eigenvalue weighted by molar-refractivity contribution is 0.0496. The monoisotopic (exact) mass is 400 g/mol. The maximum atomic E-state index is 10.2. The summed E-state index contributed by atoms with van der Waals surface area (Å²) in [5.74, 6) is 1.95. The van der Waals surface area contributed by atoms with Crippen LogP contribution in [0, 0.1) is 6.92 Å². The van der Waals surface area contributed by atoms with Gasteiger partial charge in [0.2, 0.25) is 0 Å². The molecule has 0 bridgehead atoms. The summed E-state index contributed by atoms with van der Waals surface area (Å²) in [5, 5.41) is 19.8. The van der Waals surface area contributed by atoms with E-state index < -0.39 is 0 Å². The van der Waals surface area contributed by atoms with Gasteiger partial charge in [0.1, 0.15) is 17.2 Å². The quantitative estimate of drug-likeness (QED) is 0.710. The molecule has 1 fully saturated rings.